The topological polar surface area (TPSA) is 21.3 Å². The standard InChI is InChI=1S/C16H17BrClNO/c1-3-20-16-7-5-4-6-13(16)11(2)19-12-8-9-14(17)15(18)10-12/h4-11,19H,3H2,1-2H3. The molecule has 4 heteroatoms. The molecule has 0 saturated heterocycles. The van der Waals surface area contributed by atoms with Gasteiger partial charge < -0.3 is 10.1 Å². The average Bonchev–Trinajstić information content (AvgIpc) is 2.44. The Bertz CT molecular complexity index is 588. The fraction of sp³-hybridized carbons (Fsp3) is 0.250. The molecule has 1 atom stereocenters. The highest BCUT2D eigenvalue weighted by molar-refractivity contribution is 9.10. The quantitative estimate of drug-likeness (QED) is 0.746. The smallest absolute Gasteiger partial charge is 0.124 e. The van der Waals surface area contributed by atoms with Crippen molar-refractivity contribution in [2.75, 3.05) is 11.9 Å². The summed E-state index contributed by atoms with van der Waals surface area (Å²) in [5.74, 6) is 0.915. The number of benzene rings is 2. The van der Waals surface area contributed by atoms with Crippen LogP contribution in [0.4, 0.5) is 5.69 Å². The molecule has 0 spiro atoms. The molecule has 0 bridgehead atoms. The van der Waals surface area contributed by atoms with E-state index in [1.54, 1.807) is 0 Å². The zero-order valence-electron chi connectivity index (χ0n) is 11.5. The second-order valence-electron chi connectivity index (χ2n) is 4.47. The number of ether oxygens (including phenoxy) is 1. The monoisotopic (exact) mass is 353 g/mol. The molecule has 2 nitrogen and oxygen atoms in total. The molecule has 2 aromatic rings. The number of halogens is 2. The van der Waals surface area contributed by atoms with Crippen LogP contribution in [0.1, 0.15) is 25.5 Å². The fourth-order valence-corrected chi connectivity index (χ4v) is 2.47. The maximum Gasteiger partial charge on any atom is 0.124 e. The van der Waals surface area contributed by atoms with Crippen molar-refractivity contribution in [2.45, 2.75) is 19.9 Å². The molecular weight excluding hydrogens is 338 g/mol. The summed E-state index contributed by atoms with van der Waals surface area (Å²) >= 11 is 9.51. The van der Waals surface area contributed by atoms with Crippen LogP contribution in [-0.2, 0) is 0 Å². The second-order valence-corrected chi connectivity index (χ2v) is 5.73. The maximum absolute atomic E-state index is 6.11. The Hall–Kier alpha value is -1.19. The minimum absolute atomic E-state index is 0.134. The summed E-state index contributed by atoms with van der Waals surface area (Å²) in [5, 5.41) is 4.13. The van der Waals surface area contributed by atoms with E-state index >= 15 is 0 Å². The van der Waals surface area contributed by atoms with Crippen LogP contribution in [-0.4, -0.2) is 6.61 Å². The van der Waals surface area contributed by atoms with Crippen molar-refractivity contribution in [3.63, 3.8) is 0 Å². The van der Waals surface area contributed by atoms with Gasteiger partial charge in [-0.2, -0.15) is 0 Å². The molecule has 106 valence electrons. The van der Waals surface area contributed by atoms with Gasteiger partial charge in [0, 0.05) is 15.7 Å². The van der Waals surface area contributed by atoms with Gasteiger partial charge in [-0.05, 0) is 54.0 Å². The zero-order valence-corrected chi connectivity index (χ0v) is 13.8. The lowest BCUT2D eigenvalue weighted by Gasteiger charge is -2.19. The van der Waals surface area contributed by atoms with Crippen LogP contribution in [0, 0.1) is 0 Å². The molecule has 0 fully saturated rings. The minimum atomic E-state index is 0.134. The molecule has 2 aromatic carbocycles. The van der Waals surface area contributed by atoms with Crippen LogP contribution in [0.5, 0.6) is 5.75 Å². The van der Waals surface area contributed by atoms with Crippen molar-refractivity contribution in [3.05, 3.63) is 57.5 Å². The summed E-state index contributed by atoms with van der Waals surface area (Å²) in [7, 11) is 0. The predicted octanol–water partition coefficient (Wildman–Crippen LogP) is 5.67. The first-order valence-electron chi connectivity index (χ1n) is 6.55. The van der Waals surface area contributed by atoms with Gasteiger partial charge in [0.25, 0.3) is 0 Å². The van der Waals surface area contributed by atoms with Gasteiger partial charge in [0.1, 0.15) is 5.75 Å². The summed E-state index contributed by atoms with van der Waals surface area (Å²) in [5.41, 5.74) is 2.12. The highest BCUT2D eigenvalue weighted by Crippen LogP contribution is 2.30. The second kappa shape index (κ2) is 7.00. The van der Waals surface area contributed by atoms with Gasteiger partial charge in [-0.15, -0.1) is 0 Å². The fourth-order valence-electron chi connectivity index (χ4n) is 2.04. The third-order valence-electron chi connectivity index (χ3n) is 2.99. The van der Waals surface area contributed by atoms with E-state index < -0.39 is 0 Å². The van der Waals surface area contributed by atoms with Crippen LogP contribution >= 0.6 is 27.5 Å². The van der Waals surface area contributed by atoms with Gasteiger partial charge in [-0.1, -0.05) is 29.8 Å². The van der Waals surface area contributed by atoms with Crippen molar-refractivity contribution in [1.82, 2.24) is 0 Å². The third-order valence-corrected chi connectivity index (χ3v) is 4.22. The molecule has 1 N–H and O–H groups in total. The van der Waals surface area contributed by atoms with Crippen LogP contribution in [0.15, 0.2) is 46.9 Å². The molecule has 20 heavy (non-hydrogen) atoms. The summed E-state index contributed by atoms with van der Waals surface area (Å²) in [6.07, 6.45) is 0. The van der Waals surface area contributed by atoms with Crippen molar-refractivity contribution in [2.24, 2.45) is 0 Å². The van der Waals surface area contributed by atoms with E-state index in [-0.39, 0.29) is 6.04 Å². The van der Waals surface area contributed by atoms with E-state index in [0.717, 1.165) is 21.5 Å². The summed E-state index contributed by atoms with van der Waals surface area (Å²) in [6.45, 7) is 4.75. The van der Waals surface area contributed by atoms with Gasteiger partial charge in [-0.25, -0.2) is 0 Å². The highest BCUT2D eigenvalue weighted by Gasteiger charge is 2.11. The molecule has 1 unspecified atom stereocenters. The molecule has 0 heterocycles. The number of rotatable bonds is 5. The Morgan fingerprint density at radius 1 is 1.25 bits per heavy atom. The van der Waals surface area contributed by atoms with E-state index in [4.69, 9.17) is 16.3 Å². The molecular formula is C16H17BrClNO. The van der Waals surface area contributed by atoms with Gasteiger partial charge in [0.2, 0.25) is 0 Å². The summed E-state index contributed by atoms with van der Waals surface area (Å²) in [6, 6.07) is 14.0. The van der Waals surface area contributed by atoms with Gasteiger partial charge >= 0.3 is 0 Å². The molecule has 0 amide bonds. The first kappa shape index (κ1) is 15.2. The normalized spacial score (nSPS) is 12.0. The zero-order chi connectivity index (χ0) is 14.5. The van der Waals surface area contributed by atoms with Crippen LogP contribution in [0.3, 0.4) is 0 Å². The van der Waals surface area contributed by atoms with Crippen molar-refractivity contribution in [3.8, 4) is 5.75 Å². The number of nitrogens with one attached hydrogen (secondary N) is 1. The van der Waals surface area contributed by atoms with Crippen LogP contribution < -0.4 is 10.1 Å². The lowest BCUT2D eigenvalue weighted by atomic mass is 10.1. The predicted molar refractivity (Wildman–Crippen MR) is 88.8 cm³/mol. The molecule has 2 rings (SSSR count). The molecule has 0 saturated carbocycles. The van der Waals surface area contributed by atoms with Crippen molar-refractivity contribution in [1.29, 1.82) is 0 Å². The summed E-state index contributed by atoms with van der Waals surface area (Å²) < 4.78 is 6.56. The van der Waals surface area contributed by atoms with E-state index in [9.17, 15) is 0 Å². The Morgan fingerprint density at radius 3 is 2.70 bits per heavy atom. The van der Waals surface area contributed by atoms with Crippen molar-refractivity contribution >= 4 is 33.2 Å². The maximum atomic E-state index is 6.11. The lowest BCUT2D eigenvalue weighted by Crippen LogP contribution is -2.08. The molecule has 0 aliphatic rings. The Morgan fingerprint density at radius 2 is 2.00 bits per heavy atom. The van der Waals surface area contributed by atoms with Gasteiger partial charge in [-0.3, -0.25) is 0 Å². The molecule has 0 radical (unpaired) electrons. The van der Waals surface area contributed by atoms with Gasteiger partial charge in [0.05, 0.1) is 17.7 Å². The molecule has 0 aliphatic heterocycles. The Kier molecular flexibility index (Phi) is 5.32. The highest BCUT2D eigenvalue weighted by atomic mass is 79.9. The van der Waals surface area contributed by atoms with E-state index in [0.29, 0.717) is 11.6 Å². The van der Waals surface area contributed by atoms with Crippen LogP contribution in [0.25, 0.3) is 0 Å². The Balaban J connectivity index is 2.19. The van der Waals surface area contributed by atoms with Crippen LogP contribution in [0.2, 0.25) is 5.02 Å². The van der Waals surface area contributed by atoms with E-state index in [1.165, 1.54) is 0 Å². The number of anilines is 1. The summed E-state index contributed by atoms with van der Waals surface area (Å²) in [4.78, 5) is 0. The third kappa shape index (κ3) is 3.68. The number of hydrogen-bond donors (Lipinski definition) is 1. The van der Waals surface area contributed by atoms with Crippen molar-refractivity contribution < 1.29 is 4.74 Å². The number of para-hydroxylation sites is 1. The average molecular weight is 355 g/mol. The Labute approximate surface area is 133 Å². The minimum Gasteiger partial charge on any atom is -0.494 e. The first-order chi connectivity index (χ1) is 9.61. The van der Waals surface area contributed by atoms with E-state index in [2.05, 4.69) is 34.2 Å². The largest absolute Gasteiger partial charge is 0.494 e. The first-order valence-corrected chi connectivity index (χ1v) is 7.72. The molecule has 0 aliphatic carbocycles. The van der Waals surface area contributed by atoms with E-state index in [1.807, 2.05) is 43.3 Å². The SMILES string of the molecule is CCOc1ccccc1C(C)Nc1ccc(Br)c(Cl)c1. The number of hydrogen-bond acceptors (Lipinski definition) is 2. The molecule has 0 aromatic heterocycles. The van der Waals surface area contributed by atoms with Gasteiger partial charge in [0.15, 0.2) is 0 Å². The lowest BCUT2D eigenvalue weighted by molar-refractivity contribution is 0.335.